The number of rotatable bonds is 2. The van der Waals surface area contributed by atoms with E-state index in [9.17, 15) is 8.42 Å². The van der Waals surface area contributed by atoms with E-state index in [0.29, 0.717) is 12.2 Å². The molecular weight excluding hydrogens is 214 g/mol. The van der Waals surface area contributed by atoms with Gasteiger partial charge in [0.15, 0.2) is 9.84 Å². The second-order valence-corrected chi connectivity index (χ2v) is 6.01. The molecule has 1 aromatic heterocycles. The summed E-state index contributed by atoms with van der Waals surface area (Å²) < 4.78 is 27.6. The van der Waals surface area contributed by atoms with Crippen LogP contribution < -0.4 is 0 Å². The number of aliphatic imine (C=N–C) groups is 1. The Morgan fingerprint density at radius 2 is 2.33 bits per heavy atom. The van der Waals surface area contributed by atoms with Gasteiger partial charge in [-0.05, 0) is 25.5 Å². The quantitative estimate of drug-likeness (QED) is 0.713. The molecule has 0 unspecified atom stereocenters. The summed E-state index contributed by atoms with van der Waals surface area (Å²) in [4.78, 5) is 4.20. The lowest BCUT2D eigenvalue weighted by Gasteiger charge is -1.97. The van der Waals surface area contributed by atoms with E-state index >= 15 is 0 Å². The number of hydrogen-bond acceptors (Lipinski definition) is 4. The molecule has 1 saturated heterocycles. The third kappa shape index (κ3) is 2.68. The Bertz CT molecular complexity index is 473. The average molecular weight is 227 g/mol. The fraction of sp³-hybridized carbons (Fsp3) is 0.500. The van der Waals surface area contributed by atoms with Gasteiger partial charge in [0.25, 0.3) is 0 Å². The fourth-order valence-electron chi connectivity index (χ4n) is 1.59. The summed E-state index contributed by atoms with van der Waals surface area (Å²) in [7, 11) is -2.84. The minimum atomic E-state index is -2.84. The van der Waals surface area contributed by atoms with Gasteiger partial charge in [0, 0.05) is 0 Å². The minimum absolute atomic E-state index is 0.0968. The highest BCUT2D eigenvalue weighted by molar-refractivity contribution is 7.91. The molecule has 1 aromatic rings. The topological polar surface area (TPSA) is 59.6 Å². The third-order valence-electron chi connectivity index (χ3n) is 2.38. The Labute approximate surface area is 88.9 Å². The van der Waals surface area contributed by atoms with E-state index in [0.717, 1.165) is 5.76 Å². The molecule has 5 heteroatoms. The lowest BCUT2D eigenvalue weighted by Crippen LogP contribution is -2.07. The highest BCUT2D eigenvalue weighted by atomic mass is 32.2. The molecule has 0 bridgehead atoms. The van der Waals surface area contributed by atoms with Gasteiger partial charge in [-0.15, -0.1) is 0 Å². The summed E-state index contributed by atoms with van der Waals surface area (Å²) in [5, 5.41) is 0. The van der Waals surface area contributed by atoms with E-state index in [1.54, 1.807) is 6.21 Å². The normalized spacial score (nSPS) is 25.0. The minimum Gasteiger partial charge on any atom is -0.460 e. The van der Waals surface area contributed by atoms with Crippen molar-refractivity contribution < 1.29 is 12.8 Å². The molecule has 1 atom stereocenters. The van der Waals surface area contributed by atoms with E-state index in [2.05, 4.69) is 4.99 Å². The molecule has 2 heterocycles. The van der Waals surface area contributed by atoms with Crippen molar-refractivity contribution >= 4 is 16.1 Å². The van der Waals surface area contributed by atoms with Crippen molar-refractivity contribution in [2.24, 2.45) is 4.99 Å². The standard InChI is InChI=1S/C10H13NO3S/c1-8-2-3-10(14-8)6-11-9-4-5-15(12,13)7-9/h2-3,6,9H,4-5,7H2,1H3/t9-/m0/s1. The summed E-state index contributed by atoms with van der Waals surface area (Å²) in [6.45, 7) is 1.86. The zero-order valence-corrected chi connectivity index (χ0v) is 9.33. The molecule has 0 saturated carbocycles. The van der Waals surface area contributed by atoms with Gasteiger partial charge in [0.2, 0.25) is 0 Å². The van der Waals surface area contributed by atoms with Crippen LogP contribution in [0.3, 0.4) is 0 Å². The largest absolute Gasteiger partial charge is 0.460 e. The predicted molar refractivity (Wildman–Crippen MR) is 58.1 cm³/mol. The molecule has 1 fully saturated rings. The summed E-state index contributed by atoms with van der Waals surface area (Å²) in [5.74, 6) is 1.93. The molecule has 0 spiro atoms. The maximum absolute atomic E-state index is 11.2. The number of nitrogens with zero attached hydrogens (tertiary/aromatic N) is 1. The van der Waals surface area contributed by atoms with Crippen molar-refractivity contribution in [3.05, 3.63) is 23.7 Å². The molecule has 0 radical (unpaired) electrons. The predicted octanol–water partition coefficient (Wildman–Crippen LogP) is 1.19. The van der Waals surface area contributed by atoms with Crippen LogP contribution in [0.15, 0.2) is 21.5 Å². The van der Waals surface area contributed by atoms with Crippen LogP contribution in [0.4, 0.5) is 0 Å². The first-order valence-electron chi connectivity index (χ1n) is 4.85. The Kier molecular flexibility index (Phi) is 2.65. The summed E-state index contributed by atoms with van der Waals surface area (Å²) >= 11 is 0. The summed E-state index contributed by atoms with van der Waals surface area (Å²) in [5.41, 5.74) is 0. The SMILES string of the molecule is Cc1ccc(C=N[C@H]2CCS(=O)(=O)C2)o1. The lowest BCUT2D eigenvalue weighted by atomic mass is 10.3. The second kappa shape index (κ2) is 3.81. The molecule has 0 amide bonds. The van der Waals surface area contributed by atoms with E-state index in [4.69, 9.17) is 4.42 Å². The van der Waals surface area contributed by atoms with Gasteiger partial charge in [-0.25, -0.2) is 8.42 Å². The molecule has 2 rings (SSSR count). The van der Waals surface area contributed by atoms with Gasteiger partial charge in [-0.1, -0.05) is 0 Å². The van der Waals surface area contributed by atoms with Crippen molar-refractivity contribution in [3.63, 3.8) is 0 Å². The zero-order valence-electron chi connectivity index (χ0n) is 8.51. The highest BCUT2D eigenvalue weighted by Crippen LogP contribution is 2.14. The number of aryl methyl sites for hydroxylation is 1. The molecule has 0 N–H and O–H groups in total. The van der Waals surface area contributed by atoms with Crippen LogP contribution in [0.25, 0.3) is 0 Å². The van der Waals surface area contributed by atoms with Crippen molar-refractivity contribution in [3.8, 4) is 0 Å². The van der Waals surface area contributed by atoms with E-state index in [1.807, 2.05) is 19.1 Å². The van der Waals surface area contributed by atoms with Gasteiger partial charge in [0.05, 0.1) is 23.8 Å². The third-order valence-corrected chi connectivity index (χ3v) is 4.13. The second-order valence-electron chi connectivity index (χ2n) is 3.78. The Hall–Kier alpha value is -1.10. The fourth-order valence-corrected chi connectivity index (χ4v) is 3.23. The first-order chi connectivity index (χ1) is 7.05. The Morgan fingerprint density at radius 1 is 1.53 bits per heavy atom. The summed E-state index contributed by atoms with van der Waals surface area (Å²) in [6, 6.07) is 3.58. The van der Waals surface area contributed by atoms with Crippen LogP contribution in [-0.4, -0.2) is 32.2 Å². The first-order valence-corrected chi connectivity index (χ1v) is 6.67. The van der Waals surface area contributed by atoms with Gasteiger partial charge < -0.3 is 4.42 Å². The molecule has 4 nitrogen and oxygen atoms in total. The number of furan rings is 1. The number of hydrogen-bond donors (Lipinski definition) is 0. The van der Waals surface area contributed by atoms with Crippen molar-refractivity contribution in [1.29, 1.82) is 0 Å². The number of sulfone groups is 1. The van der Waals surface area contributed by atoms with Gasteiger partial charge in [0.1, 0.15) is 11.5 Å². The lowest BCUT2D eigenvalue weighted by molar-refractivity contribution is 0.527. The molecule has 15 heavy (non-hydrogen) atoms. The van der Waals surface area contributed by atoms with Crippen LogP contribution in [0.2, 0.25) is 0 Å². The van der Waals surface area contributed by atoms with Gasteiger partial charge in [-0.3, -0.25) is 4.99 Å². The van der Waals surface area contributed by atoms with E-state index in [-0.39, 0.29) is 17.5 Å². The zero-order chi connectivity index (χ0) is 10.9. The molecule has 1 aliphatic rings. The Morgan fingerprint density at radius 3 is 2.87 bits per heavy atom. The van der Waals surface area contributed by atoms with E-state index in [1.165, 1.54) is 0 Å². The molecule has 0 aliphatic carbocycles. The van der Waals surface area contributed by atoms with Crippen LogP contribution in [0.5, 0.6) is 0 Å². The molecule has 82 valence electrons. The van der Waals surface area contributed by atoms with Crippen LogP contribution in [0.1, 0.15) is 17.9 Å². The monoisotopic (exact) mass is 227 g/mol. The molecule has 0 aromatic carbocycles. The van der Waals surface area contributed by atoms with Gasteiger partial charge >= 0.3 is 0 Å². The smallest absolute Gasteiger partial charge is 0.152 e. The average Bonchev–Trinajstić information content (AvgIpc) is 2.69. The van der Waals surface area contributed by atoms with Crippen molar-refractivity contribution in [2.75, 3.05) is 11.5 Å². The molecule has 1 aliphatic heterocycles. The maximum atomic E-state index is 11.2. The highest BCUT2D eigenvalue weighted by Gasteiger charge is 2.26. The van der Waals surface area contributed by atoms with Crippen LogP contribution in [0, 0.1) is 6.92 Å². The van der Waals surface area contributed by atoms with E-state index < -0.39 is 9.84 Å². The van der Waals surface area contributed by atoms with Gasteiger partial charge in [-0.2, -0.15) is 0 Å². The van der Waals surface area contributed by atoms with Crippen LogP contribution >= 0.6 is 0 Å². The molecular formula is C10H13NO3S. The van der Waals surface area contributed by atoms with Crippen LogP contribution in [-0.2, 0) is 9.84 Å². The van der Waals surface area contributed by atoms with Crippen molar-refractivity contribution in [1.82, 2.24) is 0 Å². The van der Waals surface area contributed by atoms with Crippen molar-refractivity contribution in [2.45, 2.75) is 19.4 Å². The first kappa shape index (κ1) is 10.4. The Balaban J connectivity index is 2.01. The summed E-state index contributed by atoms with van der Waals surface area (Å²) in [6.07, 6.45) is 2.23. The maximum Gasteiger partial charge on any atom is 0.152 e.